The number of aryl methyl sites for hydroxylation is 1. The van der Waals surface area contributed by atoms with Gasteiger partial charge in [0.15, 0.2) is 0 Å². The highest BCUT2D eigenvalue weighted by Gasteiger charge is 2.20. The van der Waals surface area contributed by atoms with Crippen LogP contribution in [0.2, 0.25) is 0 Å². The van der Waals surface area contributed by atoms with E-state index in [0.717, 1.165) is 12.0 Å². The minimum atomic E-state index is 0.718. The van der Waals surface area contributed by atoms with E-state index in [1.54, 1.807) is 11.1 Å². The molecule has 0 spiro atoms. The number of thioether (sulfide) groups is 1. The van der Waals surface area contributed by atoms with Crippen LogP contribution in [0.4, 0.5) is 0 Å². The van der Waals surface area contributed by atoms with E-state index < -0.39 is 0 Å². The van der Waals surface area contributed by atoms with E-state index in [-0.39, 0.29) is 0 Å². The summed E-state index contributed by atoms with van der Waals surface area (Å²) in [5.41, 5.74) is 3.14. The Kier molecular flexibility index (Phi) is 3.72. The number of rotatable bonds is 3. The summed E-state index contributed by atoms with van der Waals surface area (Å²) >= 11 is 2.12. The molecule has 17 heavy (non-hydrogen) atoms. The van der Waals surface area contributed by atoms with E-state index >= 15 is 0 Å². The topological polar surface area (TPSA) is 12.0 Å². The van der Waals surface area contributed by atoms with Gasteiger partial charge in [-0.05, 0) is 60.8 Å². The van der Waals surface area contributed by atoms with E-state index in [4.69, 9.17) is 0 Å². The normalized spacial score (nSPS) is 28.0. The summed E-state index contributed by atoms with van der Waals surface area (Å²) in [6.07, 6.45) is 5.22. The van der Waals surface area contributed by atoms with Crippen molar-refractivity contribution in [3.8, 4) is 0 Å². The van der Waals surface area contributed by atoms with Crippen molar-refractivity contribution < 1.29 is 0 Å². The number of benzene rings is 1. The van der Waals surface area contributed by atoms with E-state index in [9.17, 15) is 0 Å². The van der Waals surface area contributed by atoms with Gasteiger partial charge >= 0.3 is 0 Å². The van der Waals surface area contributed by atoms with Crippen molar-refractivity contribution in [1.82, 2.24) is 5.32 Å². The van der Waals surface area contributed by atoms with Crippen molar-refractivity contribution in [2.75, 3.05) is 18.1 Å². The Morgan fingerprint density at radius 3 is 2.88 bits per heavy atom. The van der Waals surface area contributed by atoms with Crippen molar-refractivity contribution >= 4 is 11.8 Å². The highest BCUT2D eigenvalue weighted by molar-refractivity contribution is 7.99. The maximum Gasteiger partial charge on any atom is 0.0111 e. The lowest BCUT2D eigenvalue weighted by Crippen LogP contribution is -2.37. The molecule has 0 amide bonds. The van der Waals surface area contributed by atoms with E-state index in [2.05, 4.69) is 41.3 Å². The molecule has 1 fully saturated rings. The highest BCUT2D eigenvalue weighted by atomic mass is 32.2. The van der Waals surface area contributed by atoms with Crippen molar-refractivity contribution in [3.05, 3.63) is 35.4 Å². The third kappa shape index (κ3) is 2.86. The largest absolute Gasteiger partial charge is 0.313 e. The van der Waals surface area contributed by atoms with Gasteiger partial charge in [0.05, 0.1) is 0 Å². The molecule has 1 heterocycles. The van der Waals surface area contributed by atoms with Crippen LogP contribution < -0.4 is 5.32 Å². The van der Waals surface area contributed by atoms with Crippen LogP contribution in [0, 0.1) is 5.92 Å². The molecule has 0 aromatic heterocycles. The summed E-state index contributed by atoms with van der Waals surface area (Å²) in [5, 5.41) is 3.79. The molecule has 0 bridgehead atoms. The highest BCUT2D eigenvalue weighted by Crippen LogP contribution is 2.24. The van der Waals surface area contributed by atoms with Gasteiger partial charge in [-0.3, -0.25) is 0 Å². The number of nitrogens with one attached hydrogen (secondary N) is 1. The molecule has 2 aliphatic rings. The second kappa shape index (κ2) is 5.45. The fourth-order valence-corrected chi connectivity index (χ4v) is 4.23. The fourth-order valence-electron chi connectivity index (χ4n) is 2.95. The summed E-state index contributed by atoms with van der Waals surface area (Å²) < 4.78 is 0. The Balaban J connectivity index is 1.53. The van der Waals surface area contributed by atoms with E-state index in [0.29, 0.717) is 0 Å². The smallest absolute Gasteiger partial charge is 0.0111 e. The maximum atomic E-state index is 3.79. The Hall–Kier alpha value is -0.470. The van der Waals surface area contributed by atoms with Gasteiger partial charge in [0, 0.05) is 6.04 Å². The molecule has 1 aliphatic carbocycles. The van der Waals surface area contributed by atoms with Crippen LogP contribution in [-0.2, 0) is 12.8 Å². The lowest BCUT2D eigenvalue weighted by Gasteiger charge is -2.26. The van der Waals surface area contributed by atoms with Gasteiger partial charge in [-0.2, -0.15) is 11.8 Å². The molecule has 0 radical (unpaired) electrons. The Labute approximate surface area is 108 Å². The standard InChI is InChI=1S/C15H21NS/c1-2-4-14-9-15(6-5-13(14)3-1)16-10-12-7-8-17-11-12/h1-4,12,15-16H,5-11H2. The molecule has 1 aromatic carbocycles. The van der Waals surface area contributed by atoms with Crippen LogP contribution in [-0.4, -0.2) is 24.1 Å². The molecular formula is C15H21NS. The minimum Gasteiger partial charge on any atom is -0.313 e. The van der Waals surface area contributed by atoms with Gasteiger partial charge in [0.1, 0.15) is 0 Å². The maximum absolute atomic E-state index is 3.79. The van der Waals surface area contributed by atoms with Crippen LogP contribution in [0.15, 0.2) is 24.3 Å². The molecule has 0 saturated carbocycles. The van der Waals surface area contributed by atoms with E-state index in [1.807, 2.05) is 0 Å². The summed E-state index contributed by atoms with van der Waals surface area (Å²) in [6, 6.07) is 9.65. The quantitative estimate of drug-likeness (QED) is 0.881. The summed E-state index contributed by atoms with van der Waals surface area (Å²) in [4.78, 5) is 0. The lowest BCUT2D eigenvalue weighted by atomic mass is 9.88. The lowest BCUT2D eigenvalue weighted by molar-refractivity contribution is 0.416. The predicted octanol–water partition coefficient (Wildman–Crippen LogP) is 2.89. The van der Waals surface area contributed by atoms with Gasteiger partial charge in [-0.1, -0.05) is 24.3 Å². The number of hydrogen-bond acceptors (Lipinski definition) is 2. The molecule has 1 aromatic rings. The van der Waals surface area contributed by atoms with Crippen LogP contribution in [0.1, 0.15) is 24.0 Å². The Morgan fingerprint density at radius 1 is 1.18 bits per heavy atom. The molecule has 3 rings (SSSR count). The fraction of sp³-hybridized carbons (Fsp3) is 0.600. The third-order valence-corrected chi connectivity index (χ3v) is 5.30. The molecule has 1 saturated heterocycles. The first kappa shape index (κ1) is 11.6. The molecule has 2 atom stereocenters. The molecule has 2 heteroatoms. The molecule has 1 N–H and O–H groups in total. The second-order valence-corrected chi connectivity index (χ2v) is 6.50. The molecule has 92 valence electrons. The Morgan fingerprint density at radius 2 is 2.06 bits per heavy atom. The van der Waals surface area contributed by atoms with E-state index in [1.165, 1.54) is 43.7 Å². The monoisotopic (exact) mass is 247 g/mol. The average Bonchev–Trinajstić information content (AvgIpc) is 2.89. The molecular weight excluding hydrogens is 226 g/mol. The summed E-state index contributed by atoms with van der Waals surface area (Å²) in [7, 11) is 0. The average molecular weight is 247 g/mol. The predicted molar refractivity (Wildman–Crippen MR) is 75.7 cm³/mol. The summed E-state index contributed by atoms with van der Waals surface area (Å²) in [5.74, 6) is 3.67. The van der Waals surface area contributed by atoms with Gasteiger partial charge in [-0.25, -0.2) is 0 Å². The zero-order chi connectivity index (χ0) is 11.5. The molecule has 2 unspecified atom stereocenters. The number of fused-ring (bicyclic) bond motifs is 1. The van der Waals surface area contributed by atoms with Crippen LogP contribution in [0.25, 0.3) is 0 Å². The molecule has 1 aliphatic heterocycles. The zero-order valence-corrected chi connectivity index (χ0v) is 11.1. The first-order valence-electron chi connectivity index (χ1n) is 6.80. The first-order valence-corrected chi connectivity index (χ1v) is 7.95. The second-order valence-electron chi connectivity index (χ2n) is 5.35. The van der Waals surface area contributed by atoms with Crippen LogP contribution >= 0.6 is 11.8 Å². The van der Waals surface area contributed by atoms with Crippen molar-refractivity contribution in [1.29, 1.82) is 0 Å². The van der Waals surface area contributed by atoms with Gasteiger partial charge in [-0.15, -0.1) is 0 Å². The van der Waals surface area contributed by atoms with Crippen LogP contribution in [0.3, 0.4) is 0 Å². The van der Waals surface area contributed by atoms with Gasteiger partial charge in [0.2, 0.25) is 0 Å². The van der Waals surface area contributed by atoms with Gasteiger partial charge < -0.3 is 5.32 Å². The van der Waals surface area contributed by atoms with Crippen LogP contribution in [0.5, 0.6) is 0 Å². The van der Waals surface area contributed by atoms with Crippen molar-refractivity contribution in [2.45, 2.75) is 31.7 Å². The third-order valence-electron chi connectivity index (χ3n) is 4.07. The van der Waals surface area contributed by atoms with Gasteiger partial charge in [0.25, 0.3) is 0 Å². The number of hydrogen-bond donors (Lipinski definition) is 1. The first-order chi connectivity index (χ1) is 8.42. The van der Waals surface area contributed by atoms with Crippen molar-refractivity contribution in [3.63, 3.8) is 0 Å². The summed E-state index contributed by atoms with van der Waals surface area (Å²) in [6.45, 7) is 1.24. The van der Waals surface area contributed by atoms with Crippen molar-refractivity contribution in [2.24, 2.45) is 5.92 Å². The SMILES string of the molecule is c1ccc2c(c1)CCC(NCC1CCSC1)C2. The molecule has 1 nitrogen and oxygen atoms in total. The zero-order valence-electron chi connectivity index (χ0n) is 10.3. The Bertz CT molecular complexity index is 371. The minimum absolute atomic E-state index is 0.718.